The summed E-state index contributed by atoms with van der Waals surface area (Å²) in [5, 5.41) is 58.8. The second-order valence-corrected chi connectivity index (χ2v) is 16.9. The summed E-state index contributed by atoms with van der Waals surface area (Å²) in [7, 11) is 0. The van der Waals surface area contributed by atoms with Crippen LogP contribution in [0.15, 0.2) is 81.5 Å². The van der Waals surface area contributed by atoms with Crippen LogP contribution < -0.4 is 0 Å². The van der Waals surface area contributed by atoms with Crippen molar-refractivity contribution in [1.82, 2.24) is 0 Å². The maximum atomic E-state index is 10.4. The highest BCUT2D eigenvalue weighted by atomic mass is 16.4. The molecule has 14 heteroatoms. The van der Waals surface area contributed by atoms with Crippen molar-refractivity contribution in [2.45, 2.75) is 214 Å². The van der Waals surface area contributed by atoms with Gasteiger partial charge in [0, 0.05) is 39.0 Å². The van der Waals surface area contributed by atoms with Crippen LogP contribution in [0.1, 0.15) is 214 Å². The van der Waals surface area contributed by atoms with Gasteiger partial charge in [-0.05, 0) is 112 Å². The molecule has 0 aliphatic heterocycles. The number of hydrogen-bond donors (Lipinski definition) is 7. The quantitative estimate of drug-likeness (QED) is 0.0332. The molecule has 400 valence electrons. The van der Waals surface area contributed by atoms with E-state index in [1.54, 1.807) is 91.0 Å². The normalized spacial score (nSPS) is 11.8. The molecule has 0 aliphatic rings. The van der Waals surface area contributed by atoms with Crippen LogP contribution in [-0.4, -0.2) is 77.5 Å². The number of aliphatic carboxylic acids is 7. The molecule has 0 aromatic rings. The first kappa shape index (κ1) is 77.7. The molecule has 0 fully saturated rings. The maximum Gasteiger partial charge on any atom is 0.330 e. The Bertz CT molecular complexity index is 1630. The molecule has 0 heterocycles. The van der Waals surface area contributed by atoms with Crippen LogP contribution in [0.4, 0.5) is 0 Å². The van der Waals surface area contributed by atoms with Gasteiger partial charge in [0.15, 0.2) is 0 Å². The van der Waals surface area contributed by atoms with Crippen molar-refractivity contribution in [3.63, 3.8) is 0 Å². The highest BCUT2D eigenvalue weighted by molar-refractivity contribution is 5.88. The minimum atomic E-state index is -0.830. The van der Waals surface area contributed by atoms with Crippen molar-refractivity contribution in [2.24, 2.45) is 11.8 Å². The first-order chi connectivity index (χ1) is 32.0. The fourth-order valence-corrected chi connectivity index (χ4v) is 4.30. The van der Waals surface area contributed by atoms with Gasteiger partial charge in [0.2, 0.25) is 0 Å². The van der Waals surface area contributed by atoms with Crippen LogP contribution in [0.25, 0.3) is 0 Å². The maximum absolute atomic E-state index is 10.4. The molecule has 7 N–H and O–H groups in total. The molecule has 0 rings (SSSR count). The molecule has 0 atom stereocenters. The van der Waals surface area contributed by atoms with E-state index in [1.165, 1.54) is 32.1 Å². The number of carboxylic acid groups (broad SMARTS) is 7. The van der Waals surface area contributed by atoms with Gasteiger partial charge in [-0.25, -0.2) is 33.6 Å². The molecule has 0 aromatic carbocycles. The van der Waals surface area contributed by atoms with Crippen molar-refractivity contribution in [2.75, 3.05) is 0 Å². The van der Waals surface area contributed by atoms with Crippen molar-refractivity contribution < 1.29 is 69.3 Å². The van der Waals surface area contributed by atoms with E-state index in [-0.39, 0.29) is 0 Å². The van der Waals surface area contributed by atoms with Gasteiger partial charge in [-0.3, -0.25) is 0 Å². The summed E-state index contributed by atoms with van der Waals surface area (Å²) < 4.78 is 0. The summed E-state index contributed by atoms with van der Waals surface area (Å²) in [6, 6.07) is 0. The van der Waals surface area contributed by atoms with E-state index in [0.717, 1.165) is 70.6 Å². The van der Waals surface area contributed by atoms with Crippen molar-refractivity contribution >= 4 is 41.8 Å². The van der Waals surface area contributed by atoms with Gasteiger partial charge >= 0.3 is 41.8 Å². The SMILES string of the molecule is CC(=CC(C)C)C(=O)O.CC(=CCC(C)C)C(=O)O.CCC=C(C)C(=O)O.CCCC=C(C)C(=O)O.CCCCC=C(C)C(=O)O.CCCCCC=C(C)C(=O)O.CCCCCCC=C(C)C(=O)O. The van der Waals surface area contributed by atoms with Crippen LogP contribution in [0.2, 0.25) is 0 Å². The minimum absolute atomic E-state index is 0.320. The Labute approximate surface area is 416 Å². The van der Waals surface area contributed by atoms with E-state index in [1.807, 2.05) is 27.7 Å². The van der Waals surface area contributed by atoms with Gasteiger partial charge in [0.1, 0.15) is 0 Å². The smallest absolute Gasteiger partial charge is 0.330 e. The lowest BCUT2D eigenvalue weighted by atomic mass is 10.1. The molecule has 0 saturated heterocycles. The molecule has 0 saturated carbocycles. The summed E-state index contributed by atoms with van der Waals surface area (Å²) in [5.41, 5.74) is 3.10. The zero-order valence-corrected chi connectivity index (χ0v) is 45.5. The number of allylic oxidation sites excluding steroid dienone is 7. The van der Waals surface area contributed by atoms with E-state index in [4.69, 9.17) is 35.7 Å². The third-order valence-corrected chi connectivity index (χ3v) is 8.86. The lowest BCUT2D eigenvalue weighted by molar-refractivity contribution is -0.133. The molecule has 0 radical (unpaired) electrons. The lowest BCUT2D eigenvalue weighted by Crippen LogP contribution is -1.97. The monoisotopic (exact) mass is 981 g/mol. The molecule has 0 spiro atoms. The average molecular weight is 981 g/mol. The van der Waals surface area contributed by atoms with Gasteiger partial charge in [-0.2, -0.15) is 0 Å². The van der Waals surface area contributed by atoms with Crippen LogP contribution in [0.5, 0.6) is 0 Å². The second-order valence-electron chi connectivity index (χ2n) is 16.9. The van der Waals surface area contributed by atoms with E-state index < -0.39 is 41.8 Å². The molecule has 0 unspecified atom stereocenters. The Kier molecular flexibility index (Phi) is 62.0. The Balaban J connectivity index is -0.000000130. The Morgan fingerprint density at radius 3 is 0.855 bits per heavy atom. The molecule has 69 heavy (non-hydrogen) atoms. The highest BCUT2D eigenvalue weighted by Crippen LogP contribution is 2.07. The zero-order chi connectivity index (χ0) is 55.5. The average Bonchev–Trinajstić information content (AvgIpc) is 3.26. The minimum Gasteiger partial charge on any atom is -0.478 e. The molecule has 0 aliphatic carbocycles. The fraction of sp³-hybridized carbons (Fsp3) is 0.618. The Hall–Kier alpha value is -5.53. The predicted molar refractivity (Wildman–Crippen MR) is 282 cm³/mol. The molecular formula is C55H96O14. The third kappa shape index (κ3) is 71.6. The van der Waals surface area contributed by atoms with Crippen molar-refractivity contribution in [3.8, 4) is 0 Å². The van der Waals surface area contributed by atoms with E-state index in [2.05, 4.69) is 34.6 Å². The van der Waals surface area contributed by atoms with Gasteiger partial charge in [-0.15, -0.1) is 0 Å². The highest BCUT2D eigenvalue weighted by Gasteiger charge is 2.01. The van der Waals surface area contributed by atoms with Crippen LogP contribution in [-0.2, 0) is 33.6 Å². The van der Waals surface area contributed by atoms with Crippen molar-refractivity contribution in [1.29, 1.82) is 0 Å². The summed E-state index contributed by atoms with van der Waals surface area (Å²) in [4.78, 5) is 71.4. The standard InChI is InChI=1S/C10H18O2.C9H16O2.2C8H14O2.2C7H12O2.C6H10O2/c1-3-4-5-6-7-8-9(2)10(11)12;1-3-4-5-6-7-8(2)9(10)11;1-6(2)4-5-7(3)8(9)10;1-3-4-5-6-7(2)8(9)10;1-5(2)4-6(3)7(8)9;1-3-4-5-6(2)7(8)9;1-3-4-5(2)6(7)8/h8H,3-7H2,1-2H3,(H,11,12);7H,3-6H2,1-2H3,(H,10,11);5-6H,4H2,1-3H3,(H,9,10);6H,3-5H2,1-2H3,(H,9,10);4-5H,1-3H3,(H,8,9);5H,3-4H2,1-2H3,(H,8,9);4H,3H2,1-2H3,(H,7,8). The van der Waals surface area contributed by atoms with Crippen molar-refractivity contribution in [3.05, 3.63) is 81.5 Å². The second kappa shape index (κ2) is 55.1. The van der Waals surface area contributed by atoms with Crippen LogP contribution in [0, 0.1) is 11.8 Å². The number of carboxylic acids is 7. The number of rotatable bonds is 25. The van der Waals surface area contributed by atoms with Gasteiger partial charge in [0.05, 0.1) is 0 Å². The first-order valence-corrected chi connectivity index (χ1v) is 24.3. The molecule has 0 bridgehead atoms. The Morgan fingerprint density at radius 2 is 0.609 bits per heavy atom. The lowest BCUT2D eigenvalue weighted by Gasteiger charge is -1.97. The van der Waals surface area contributed by atoms with Gasteiger partial charge < -0.3 is 35.7 Å². The third-order valence-electron chi connectivity index (χ3n) is 8.86. The van der Waals surface area contributed by atoms with Crippen LogP contribution >= 0.6 is 0 Å². The van der Waals surface area contributed by atoms with E-state index >= 15 is 0 Å². The van der Waals surface area contributed by atoms with E-state index in [9.17, 15) is 33.6 Å². The molecule has 0 amide bonds. The number of carbonyl (C=O) groups is 7. The molecule has 14 nitrogen and oxygen atoms in total. The van der Waals surface area contributed by atoms with E-state index in [0.29, 0.717) is 50.8 Å². The largest absolute Gasteiger partial charge is 0.478 e. The summed E-state index contributed by atoms with van der Waals surface area (Å²) in [6.07, 6.45) is 28.9. The van der Waals surface area contributed by atoms with Gasteiger partial charge in [-0.1, -0.05) is 156 Å². The van der Waals surface area contributed by atoms with Crippen LogP contribution in [0.3, 0.4) is 0 Å². The molecular weight excluding hydrogens is 885 g/mol. The Morgan fingerprint density at radius 1 is 0.333 bits per heavy atom. The number of unbranched alkanes of at least 4 members (excludes halogenated alkanes) is 10. The first-order valence-electron chi connectivity index (χ1n) is 24.3. The summed E-state index contributed by atoms with van der Waals surface area (Å²) in [5.74, 6) is -4.85. The van der Waals surface area contributed by atoms with Gasteiger partial charge in [0.25, 0.3) is 0 Å². The topological polar surface area (TPSA) is 261 Å². The zero-order valence-electron chi connectivity index (χ0n) is 45.5. The fourth-order valence-electron chi connectivity index (χ4n) is 4.30. The number of hydrogen-bond acceptors (Lipinski definition) is 7. The predicted octanol–water partition coefficient (Wildman–Crippen LogP) is 14.8. The summed E-state index contributed by atoms with van der Waals surface area (Å²) in [6.45, 7) is 29.6. The molecule has 0 aromatic heterocycles. The summed E-state index contributed by atoms with van der Waals surface area (Å²) >= 11 is 0.